The number of pyridine rings is 1. The van der Waals surface area contributed by atoms with Gasteiger partial charge >= 0.3 is 5.97 Å². The van der Waals surface area contributed by atoms with E-state index < -0.39 is 5.97 Å². The Hall–Kier alpha value is -3.62. The van der Waals surface area contributed by atoms with Gasteiger partial charge in [0.1, 0.15) is 28.9 Å². The average Bonchev–Trinajstić information content (AvgIpc) is 3.65. The molecule has 2 aromatic heterocycles. The smallest absolute Gasteiger partial charge is 0.341 e. The molecule has 1 unspecified atom stereocenters. The van der Waals surface area contributed by atoms with Gasteiger partial charge in [-0.15, -0.1) is 0 Å². The van der Waals surface area contributed by atoms with Gasteiger partial charge in [-0.2, -0.15) is 0 Å². The molecule has 0 spiro atoms. The summed E-state index contributed by atoms with van der Waals surface area (Å²) in [6, 6.07) is 9.34. The van der Waals surface area contributed by atoms with Crippen LogP contribution >= 0.6 is 0 Å². The van der Waals surface area contributed by atoms with Gasteiger partial charge in [-0.25, -0.2) is 4.79 Å². The molecule has 204 valence electrons. The van der Waals surface area contributed by atoms with E-state index in [4.69, 9.17) is 13.9 Å². The second kappa shape index (κ2) is 10.9. The van der Waals surface area contributed by atoms with E-state index in [2.05, 4.69) is 21.8 Å². The van der Waals surface area contributed by atoms with Crippen molar-refractivity contribution in [3.05, 3.63) is 65.7 Å². The predicted octanol–water partition coefficient (Wildman–Crippen LogP) is 5.38. The number of likely N-dealkylation sites (N-methyl/N-ethyl adjacent to an activating group) is 1. The van der Waals surface area contributed by atoms with E-state index in [0.717, 1.165) is 42.9 Å². The first kappa shape index (κ1) is 25.6. The lowest BCUT2D eigenvalue weighted by Gasteiger charge is -2.39. The Labute approximate surface area is 228 Å². The summed E-state index contributed by atoms with van der Waals surface area (Å²) >= 11 is 0. The number of hydrogen-bond acceptors (Lipinski definition) is 8. The van der Waals surface area contributed by atoms with Crippen LogP contribution in [0.15, 0.2) is 53.4 Å². The van der Waals surface area contributed by atoms with Gasteiger partial charge in [-0.05, 0) is 61.7 Å². The van der Waals surface area contributed by atoms with Crippen molar-refractivity contribution < 1.29 is 23.8 Å². The van der Waals surface area contributed by atoms with Crippen LogP contribution in [0.3, 0.4) is 0 Å². The number of benzene rings is 2. The van der Waals surface area contributed by atoms with Crippen LogP contribution < -0.4 is 4.74 Å². The van der Waals surface area contributed by atoms with Gasteiger partial charge < -0.3 is 23.9 Å². The molecule has 1 saturated carbocycles. The number of fused-ring (bicyclic) bond motifs is 3. The van der Waals surface area contributed by atoms with E-state index in [1.54, 1.807) is 12.4 Å². The number of aromatic hydroxyl groups is 1. The quantitative estimate of drug-likeness (QED) is 0.319. The van der Waals surface area contributed by atoms with Crippen molar-refractivity contribution in [2.24, 2.45) is 5.92 Å². The zero-order valence-corrected chi connectivity index (χ0v) is 22.6. The molecule has 39 heavy (non-hydrogen) atoms. The van der Waals surface area contributed by atoms with E-state index in [9.17, 15) is 9.90 Å². The maximum atomic E-state index is 12.9. The number of methoxy groups -OCH3 is 1. The number of nitrogens with zero attached hydrogens (tertiary/aromatic N) is 3. The van der Waals surface area contributed by atoms with Gasteiger partial charge in [-0.3, -0.25) is 9.88 Å². The fraction of sp³-hybridized carbons (Fsp3) is 0.419. The summed E-state index contributed by atoms with van der Waals surface area (Å²) in [5, 5.41) is 14.0. The minimum Gasteiger partial charge on any atom is -0.507 e. The third-order valence-electron chi connectivity index (χ3n) is 8.37. The van der Waals surface area contributed by atoms with Crippen molar-refractivity contribution in [1.82, 2.24) is 14.8 Å². The molecule has 8 nitrogen and oxygen atoms in total. The molecule has 8 heteroatoms. The summed E-state index contributed by atoms with van der Waals surface area (Å²) in [5.74, 6) is 0.913. The number of phenols is 1. The number of rotatable bonds is 7. The number of piperazine rings is 1. The normalized spacial score (nSPS) is 18.1. The van der Waals surface area contributed by atoms with Crippen LogP contribution in [-0.4, -0.2) is 72.8 Å². The van der Waals surface area contributed by atoms with Gasteiger partial charge in [0.2, 0.25) is 0 Å². The van der Waals surface area contributed by atoms with E-state index in [1.807, 2.05) is 30.3 Å². The number of furan rings is 1. The lowest BCUT2D eigenvalue weighted by molar-refractivity contribution is 0.0601. The van der Waals surface area contributed by atoms with Crippen LogP contribution in [0.2, 0.25) is 0 Å². The Bertz CT molecular complexity index is 1470. The van der Waals surface area contributed by atoms with Gasteiger partial charge in [-0.1, -0.05) is 12.8 Å². The van der Waals surface area contributed by atoms with Crippen molar-refractivity contribution in [3.8, 4) is 11.5 Å². The highest BCUT2D eigenvalue weighted by molar-refractivity contribution is 6.16. The molecule has 0 amide bonds. The predicted molar refractivity (Wildman–Crippen MR) is 149 cm³/mol. The molecule has 4 aromatic rings. The van der Waals surface area contributed by atoms with Crippen molar-refractivity contribution in [2.75, 3.05) is 46.9 Å². The maximum absolute atomic E-state index is 12.9. The number of carbonyl (C=O) groups excluding carboxylic acids is 1. The first-order valence-corrected chi connectivity index (χ1v) is 13.8. The summed E-state index contributed by atoms with van der Waals surface area (Å²) in [7, 11) is 3.47. The highest BCUT2D eigenvalue weighted by Gasteiger charge is 2.33. The molecular formula is C31H35N3O5. The Kier molecular flexibility index (Phi) is 7.14. The second-order valence-corrected chi connectivity index (χ2v) is 10.8. The van der Waals surface area contributed by atoms with Crippen LogP contribution in [0.25, 0.3) is 21.7 Å². The number of carbonyl (C=O) groups is 1. The van der Waals surface area contributed by atoms with Crippen molar-refractivity contribution in [1.29, 1.82) is 0 Å². The first-order chi connectivity index (χ1) is 19.0. The van der Waals surface area contributed by atoms with Crippen LogP contribution in [0, 0.1) is 5.92 Å². The van der Waals surface area contributed by atoms with E-state index in [-0.39, 0.29) is 11.8 Å². The topological polar surface area (TPSA) is 88.3 Å². The van der Waals surface area contributed by atoms with Gasteiger partial charge in [0.15, 0.2) is 0 Å². The minimum atomic E-state index is -0.503. The lowest BCUT2D eigenvalue weighted by atomic mass is 9.89. The summed E-state index contributed by atoms with van der Waals surface area (Å²) in [5.41, 5.74) is 2.47. The van der Waals surface area contributed by atoms with Gasteiger partial charge in [0.05, 0.1) is 19.8 Å². The fourth-order valence-electron chi connectivity index (χ4n) is 6.20. The molecule has 2 aliphatic rings. The van der Waals surface area contributed by atoms with Crippen molar-refractivity contribution in [3.63, 3.8) is 0 Å². The molecule has 1 saturated heterocycles. The zero-order chi connectivity index (χ0) is 26.9. The maximum Gasteiger partial charge on any atom is 0.341 e. The number of hydrogen-bond donors (Lipinski definition) is 1. The standard InChI is InChI=1S/C31H35N3O5/c1-33-13-15-34(16-14-33)28(21-9-11-32-12-10-21)27-26-25(31(36)37-2)19-39-30(26)23-8-7-22(17-24(23)29(27)35)38-18-20-5-3-4-6-20/h7-12,17,19-20,28,35H,3-6,13-16,18H2,1-2H3. The first-order valence-electron chi connectivity index (χ1n) is 13.8. The van der Waals surface area contributed by atoms with Gasteiger partial charge in [0, 0.05) is 60.3 Å². The van der Waals surface area contributed by atoms with E-state index in [0.29, 0.717) is 40.0 Å². The molecule has 6 rings (SSSR count). The molecule has 2 aromatic carbocycles. The highest BCUT2D eigenvalue weighted by Crippen LogP contribution is 2.47. The fourth-order valence-corrected chi connectivity index (χ4v) is 6.20. The van der Waals surface area contributed by atoms with E-state index >= 15 is 0 Å². The lowest BCUT2D eigenvalue weighted by Crippen LogP contribution is -2.46. The molecule has 1 N–H and O–H groups in total. The zero-order valence-electron chi connectivity index (χ0n) is 22.6. The molecule has 1 aliphatic carbocycles. The summed E-state index contributed by atoms with van der Waals surface area (Å²) in [4.78, 5) is 21.8. The molecule has 0 bridgehead atoms. The SMILES string of the molecule is COC(=O)c1coc2c1c(C(c1ccncc1)N1CCN(C)CC1)c(O)c1cc(OCC3CCCC3)ccc12. The van der Waals surface area contributed by atoms with Crippen LogP contribution in [0.1, 0.15) is 53.2 Å². The Morgan fingerprint density at radius 3 is 2.56 bits per heavy atom. The van der Waals surface area contributed by atoms with Gasteiger partial charge in [0.25, 0.3) is 0 Å². The van der Waals surface area contributed by atoms with E-state index in [1.165, 1.54) is 39.1 Å². The largest absolute Gasteiger partial charge is 0.507 e. The Balaban J connectivity index is 1.56. The molecule has 2 fully saturated rings. The van der Waals surface area contributed by atoms with Crippen LogP contribution in [0.4, 0.5) is 0 Å². The molecule has 1 aliphatic heterocycles. The summed E-state index contributed by atoms with van der Waals surface area (Å²) in [6.07, 6.45) is 9.89. The van der Waals surface area contributed by atoms with Crippen LogP contribution in [0.5, 0.6) is 11.5 Å². The monoisotopic (exact) mass is 529 g/mol. The Morgan fingerprint density at radius 2 is 1.85 bits per heavy atom. The number of esters is 1. The van der Waals surface area contributed by atoms with Crippen molar-refractivity contribution >= 4 is 27.7 Å². The molecule has 1 atom stereocenters. The second-order valence-electron chi connectivity index (χ2n) is 10.8. The van der Waals surface area contributed by atoms with Crippen molar-refractivity contribution in [2.45, 2.75) is 31.7 Å². The van der Waals surface area contributed by atoms with Crippen LogP contribution in [-0.2, 0) is 4.74 Å². The third kappa shape index (κ3) is 4.83. The highest BCUT2D eigenvalue weighted by atomic mass is 16.5. The summed E-state index contributed by atoms with van der Waals surface area (Å²) < 4.78 is 17.4. The average molecular weight is 530 g/mol. The summed E-state index contributed by atoms with van der Waals surface area (Å²) in [6.45, 7) is 4.08. The number of aromatic nitrogens is 1. The number of phenolic OH excluding ortho intramolecular Hbond substituents is 1. The number of ether oxygens (including phenoxy) is 2. The molecule has 0 radical (unpaired) electrons. The minimum absolute atomic E-state index is 0.121. The molecule has 3 heterocycles. The molecular weight excluding hydrogens is 494 g/mol. The third-order valence-corrected chi connectivity index (χ3v) is 8.37. The Morgan fingerprint density at radius 1 is 1.10 bits per heavy atom.